The van der Waals surface area contributed by atoms with Gasteiger partial charge in [0.2, 0.25) is 0 Å². The van der Waals surface area contributed by atoms with Crippen LogP contribution in [0.1, 0.15) is 46.4 Å². The highest BCUT2D eigenvalue weighted by Gasteiger charge is 2.22. The number of rotatable bonds is 7. The quantitative estimate of drug-likeness (QED) is 0.284. The normalized spacial score (nSPS) is 11.6. The molecule has 1 aromatic carbocycles. The SMILES string of the molecule is COc1ccc(OC)c(C(=O)CSc2nnc3c4c(C)c(C)sc4nc(C(C)C)n23)c1. The van der Waals surface area contributed by atoms with E-state index in [1.807, 2.05) is 4.40 Å². The number of ether oxygens (including phenoxy) is 2. The summed E-state index contributed by atoms with van der Waals surface area (Å²) in [7, 11) is 3.12. The molecule has 0 saturated carbocycles. The van der Waals surface area contributed by atoms with E-state index in [1.54, 1.807) is 43.8 Å². The molecule has 0 spiro atoms. The summed E-state index contributed by atoms with van der Waals surface area (Å²) >= 11 is 3.03. The third-order valence-corrected chi connectivity index (χ3v) is 7.25. The second kappa shape index (κ2) is 8.47. The van der Waals surface area contributed by atoms with E-state index >= 15 is 0 Å². The van der Waals surface area contributed by atoms with Gasteiger partial charge >= 0.3 is 0 Å². The van der Waals surface area contributed by atoms with E-state index < -0.39 is 0 Å². The van der Waals surface area contributed by atoms with Gasteiger partial charge in [-0.05, 0) is 37.6 Å². The van der Waals surface area contributed by atoms with Crippen LogP contribution in [0.25, 0.3) is 15.9 Å². The topological polar surface area (TPSA) is 78.6 Å². The second-order valence-electron chi connectivity index (χ2n) is 7.51. The van der Waals surface area contributed by atoms with E-state index in [-0.39, 0.29) is 17.5 Å². The minimum absolute atomic E-state index is 0.0693. The van der Waals surface area contributed by atoms with Gasteiger partial charge in [-0.25, -0.2) is 4.98 Å². The van der Waals surface area contributed by atoms with Gasteiger partial charge in [0.25, 0.3) is 0 Å². The molecule has 3 aromatic heterocycles. The lowest BCUT2D eigenvalue weighted by Crippen LogP contribution is -2.08. The fourth-order valence-electron chi connectivity index (χ4n) is 3.46. The number of nitrogens with zero attached hydrogens (tertiary/aromatic N) is 4. The van der Waals surface area contributed by atoms with Gasteiger partial charge in [0.15, 0.2) is 16.6 Å². The number of fused-ring (bicyclic) bond motifs is 3. The molecule has 0 radical (unpaired) electrons. The highest BCUT2D eigenvalue weighted by atomic mass is 32.2. The number of aromatic nitrogens is 4. The second-order valence-corrected chi connectivity index (χ2v) is 9.65. The Bertz CT molecular complexity index is 1290. The summed E-state index contributed by atoms with van der Waals surface area (Å²) in [6, 6.07) is 5.21. The van der Waals surface area contributed by atoms with Crippen molar-refractivity contribution in [3.8, 4) is 11.5 Å². The van der Waals surface area contributed by atoms with Crippen molar-refractivity contribution in [1.29, 1.82) is 0 Å². The smallest absolute Gasteiger partial charge is 0.197 e. The minimum atomic E-state index is -0.0693. The molecule has 4 aromatic rings. The average Bonchev–Trinajstić information content (AvgIpc) is 3.31. The lowest BCUT2D eigenvalue weighted by molar-refractivity contribution is 0.101. The van der Waals surface area contributed by atoms with E-state index in [1.165, 1.54) is 22.2 Å². The van der Waals surface area contributed by atoms with Crippen LogP contribution in [0.4, 0.5) is 0 Å². The van der Waals surface area contributed by atoms with Gasteiger partial charge in [-0.15, -0.1) is 21.5 Å². The first-order valence-electron chi connectivity index (χ1n) is 9.88. The largest absolute Gasteiger partial charge is 0.497 e. The van der Waals surface area contributed by atoms with Gasteiger partial charge in [0, 0.05) is 10.8 Å². The van der Waals surface area contributed by atoms with Crippen molar-refractivity contribution in [2.45, 2.75) is 38.8 Å². The number of hydrogen-bond acceptors (Lipinski definition) is 8. The summed E-state index contributed by atoms with van der Waals surface area (Å²) in [5.74, 6) is 2.33. The van der Waals surface area contributed by atoms with Gasteiger partial charge in [-0.3, -0.25) is 9.20 Å². The fraction of sp³-hybridized carbons (Fsp3) is 0.364. The van der Waals surface area contributed by atoms with Crippen LogP contribution in [0.2, 0.25) is 0 Å². The van der Waals surface area contributed by atoms with Crippen LogP contribution in [-0.4, -0.2) is 45.3 Å². The number of methoxy groups -OCH3 is 2. The molecule has 4 rings (SSSR count). The Hall–Kier alpha value is -2.65. The van der Waals surface area contributed by atoms with Crippen LogP contribution < -0.4 is 9.47 Å². The summed E-state index contributed by atoms with van der Waals surface area (Å²) in [6.45, 7) is 8.38. The number of thiophene rings is 1. The maximum atomic E-state index is 13.0. The number of Topliss-reactive ketones (excluding diaryl/α,β-unsaturated/α-hetero) is 1. The molecule has 0 amide bonds. The molecule has 0 aliphatic heterocycles. The Morgan fingerprint density at radius 1 is 1.19 bits per heavy atom. The van der Waals surface area contributed by atoms with Crippen molar-refractivity contribution in [1.82, 2.24) is 19.6 Å². The highest BCUT2D eigenvalue weighted by Crippen LogP contribution is 2.35. The van der Waals surface area contributed by atoms with E-state index in [2.05, 4.69) is 37.9 Å². The zero-order valence-corrected chi connectivity index (χ0v) is 20.0. The minimum Gasteiger partial charge on any atom is -0.497 e. The summed E-state index contributed by atoms with van der Waals surface area (Å²) in [5.41, 5.74) is 2.45. The maximum absolute atomic E-state index is 13.0. The Labute approximate surface area is 188 Å². The van der Waals surface area contributed by atoms with Crippen LogP contribution >= 0.6 is 23.1 Å². The number of ketones is 1. The number of thioether (sulfide) groups is 1. The van der Waals surface area contributed by atoms with Gasteiger partial charge in [-0.2, -0.15) is 0 Å². The van der Waals surface area contributed by atoms with Crippen molar-refractivity contribution in [2.24, 2.45) is 0 Å². The highest BCUT2D eigenvalue weighted by molar-refractivity contribution is 7.99. The predicted molar refractivity (Wildman–Crippen MR) is 124 cm³/mol. The lowest BCUT2D eigenvalue weighted by atomic mass is 10.1. The Morgan fingerprint density at radius 2 is 1.97 bits per heavy atom. The van der Waals surface area contributed by atoms with E-state index in [0.29, 0.717) is 22.2 Å². The first-order chi connectivity index (χ1) is 14.8. The Morgan fingerprint density at radius 3 is 2.65 bits per heavy atom. The van der Waals surface area contributed by atoms with Crippen molar-refractivity contribution in [3.05, 3.63) is 40.0 Å². The molecule has 0 fully saturated rings. The van der Waals surface area contributed by atoms with Gasteiger partial charge in [0.05, 0.1) is 30.9 Å². The zero-order valence-electron chi connectivity index (χ0n) is 18.3. The molecule has 3 heterocycles. The van der Waals surface area contributed by atoms with E-state index in [4.69, 9.17) is 14.5 Å². The predicted octanol–water partition coefficient (Wildman–Crippen LogP) is 5.07. The molecular weight excluding hydrogens is 432 g/mol. The number of hydrogen-bond donors (Lipinski definition) is 0. The van der Waals surface area contributed by atoms with Crippen molar-refractivity contribution in [2.75, 3.05) is 20.0 Å². The number of carbonyl (C=O) groups is 1. The van der Waals surface area contributed by atoms with Crippen molar-refractivity contribution >= 4 is 44.7 Å². The molecule has 162 valence electrons. The molecule has 0 atom stereocenters. The summed E-state index contributed by atoms with van der Waals surface area (Å²) in [4.78, 5) is 20.1. The monoisotopic (exact) mass is 456 g/mol. The van der Waals surface area contributed by atoms with Gasteiger partial charge in [0.1, 0.15) is 22.2 Å². The van der Waals surface area contributed by atoms with Crippen LogP contribution in [0, 0.1) is 13.8 Å². The van der Waals surface area contributed by atoms with E-state index in [0.717, 1.165) is 21.7 Å². The molecule has 0 aliphatic rings. The van der Waals surface area contributed by atoms with Crippen LogP contribution in [0.3, 0.4) is 0 Å². The molecule has 0 N–H and O–H groups in total. The van der Waals surface area contributed by atoms with Gasteiger partial charge in [-0.1, -0.05) is 25.6 Å². The molecule has 31 heavy (non-hydrogen) atoms. The van der Waals surface area contributed by atoms with Crippen LogP contribution in [0.5, 0.6) is 11.5 Å². The number of carbonyl (C=O) groups excluding carboxylic acids is 1. The Kier molecular flexibility index (Phi) is 5.90. The lowest BCUT2D eigenvalue weighted by Gasteiger charge is -2.11. The maximum Gasteiger partial charge on any atom is 0.197 e. The number of benzene rings is 1. The number of aryl methyl sites for hydroxylation is 2. The molecule has 0 saturated heterocycles. The molecule has 0 unspecified atom stereocenters. The standard InChI is InChI=1S/C22H24N4O3S2/c1-11(2)19-23-21-18(12(3)13(4)31-21)20-24-25-22(26(19)20)30-10-16(27)15-9-14(28-5)7-8-17(15)29-6/h7-9,11H,10H2,1-6H3. The van der Waals surface area contributed by atoms with Crippen LogP contribution in [-0.2, 0) is 0 Å². The molecule has 0 bridgehead atoms. The first-order valence-corrected chi connectivity index (χ1v) is 11.7. The van der Waals surface area contributed by atoms with E-state index in [9.17, 15) is 4.79 Å². The molecule has 0 aliphatic carbocycles. The fourth-order valence-corrected chi connectivity index (χ4v) is 5.32. The third-order valence-electron chi connectivity index (χ3n) is 5.22. The van der Waals surface area contributed by atoms with Gasteiger partial charge < -0.3 is 9.47 Å². The molecule has 7 nitrogen and oxygen atoms in total. The third kappa shape index (κ3) is 3.76. The molecule has 9 heteroatoms. The first kappa shape index (κ1) is 21.6. The van der Waals surface area contributed by atoms with Crippen molar-refractivity contribution < 1.29 is 14.3 Å². The summed E-state index contributed by atoms with van der Waals surface area (Å²) in [6.07, 6.45) is 0. The summed E-state index contributed by atoms with van der Waals surface area (Å²) < 4.78 is 12.6. The summed E-state index contributed by atoms with van der Waals surface area (Å²) in [5, 5.41) is 10.6. The Balaban J connectivity index is 1.73. The average molecular weight is 457 g/mol. The van der Waals surface area contributed by atoms with Crippen molar-refractivity contribution in [3.63, 3.8) is 0 Å². The zero-order chi connectivity index (χ0) is 22.3. The molecular formula is C22H24N4O3S2. The van der Waals surface area contributed by atoms with Crippen LogP contribution in [0.15, 0.2) is 23.4 Å².